The highest BCUT2D eigenvalue weighted by atomic mass is 16.5. The summed E-state index contributed by atoms with van der Waals surface area (Å²) >= 11 is 0. The van der Waals surface area contributed by atoms with E-state index in [1.165, 1.54) is 0 Å². The van der Waals surface area contributed by atoms with Crippen molar-refractivity contribution >= 4 is 5.78 Å². The van der Waals surface area contributed by atoms with Gasteiger partial charge in [0, 0.05) is 32.2 Å². The van der Waals surface area contributed by atoms with Crippen molar-refractivity contribution in [3.8, 4) is 0 Å². The van der Waals surface area contributed by atoms with Crippen LogP contribution < -0.4 is 0 Å². The first-order chi connectivity index (χ1) is 9.20. The first kappa shape index (κ1) is 14.2. The summed E-state index contributed by atoms with van der Waals surface area (Å²) in [6, 6.07) is 9.54. The van der Waals surface area contributed by atoms with E-state index < -0.39 is 0 Å². The molecule has 1 saturated heterocycles. The Kier molecular flexibility index (Phi) is 5.11. The van der Waals surface area contributed by atoms with E-state index in [1.54, 1.807) is 7.11 Å². The molecular formula is C16H23NO2. The minimum Gasteiger partial charge on any atom is -0.380 e. The highest BCUT2D eigenvalue weighted by Crippen LogP contribution is 2.19. The van der Waals surface area contributed by atoms with E-state index in [-0.39, 0.29) is 5.78 Å². The second kappa shape index (κ2) is 6.83. The maximum atomic E-state index is 12.0. The molecule has 2 atom stereocenters. The van der Waals surface area contributed by atoms with E-state index in [9.17, 15) is 4.79 Å². The van der Waals surface area contributed by atoms with Gasteiger partial charge in [-0.3, -0.25) is 4.79 Å². The van der Waals surface area contributed by atoms with Crippen LogP contribution in [0.15, 0.2) is 30.3 Å². The van der Waals surface area contributed by atoms with Crippen molar-refractivity contribution in [1.29, 1.82) is 0 Å². The Bertz CT molecular complexity index is 404. The minimum atomic E-state index is 0.230. The van der Waals surface area contributed by atoms with Crippen LogP contribution in [0.25, 0.3) is 0 Å². The maximum Gasteiger partial charge on any atom is 0.164 e. The van der Waals surface area contributed by atoms with Crippen molar-refractivity contribution in [1.82, 2.24) is 4.90 Å². The van der Waals surface area contributed by atoms with Crippen LogP contribution in [0, 0.1) is 5.92 Å². The van der Waals surface area contributed by atoms with Gasteiger partial charge in [0.25, 0.3) is 0 Å². The molecule has 2 rings (SSSR count). The van der Waals surface area contributed by atoms with E-state index in [4.69, 9.17) is 4.74 Å². The lowest BCUT2D eigenvalue weighted by Crippen LogP contribution is -2.44. The smallest absolute Gasteiger partial charge is 0.164 e. The zero-order valence-electron chi connectivity index (χ0n) is 11.8. The number of nitrogens with zero attached hydrogens (tertiary/aromatic N) is 1. The Morgan fingerprint density at radius 1 is 1.37 bits per heavy atom. The number of ketones is 1. The van der Waals surface area contributed by atoms with Crippen LogP contribution in [0.3, 0.4) is 0 Å². The molecule has 0 radical (unpaired) electrons. The summed E-state index contributed by atoms with van der Waals surface area (Å²) in [5.41, 5.74) is 0.816. The van der Waals surface area contributed by atoms with Gasteiger partial charge in [-0.2, -0.15) is 0 Å². The number of hydrogen-bond donors (Lipinski definition) is 0. The van der Waals surface area contributed by atoms with Gasteiger partial charge in [-0.05, 0) is 18.9 Å². The Labute approximate surface area is 115 Å². The first-order valence-corrected chi connectivity index (χ1v) is 7.04. The maximum absolute atomic E-state index is 12.0. The summed E-state index contributed by atoms with van der Waals surface area (Å²) in [6.45, 7) is 5.09. The molecule has 0 saturated carbocycles. The molecule has 1 aromatic rings. The number of methoxy groups -OCH3 is 1. The monoisotopic (exact) mass is 261 g/mol. The zero-order chi connectivity index (χ0) is 13.7. The van der Waals surface area contributed by atoms with Gasteiger partial charge in [0.15, 0.2) is 5.78 Å². The van der Waals surface area contributed by atoms with Crippen LogP contribution in [0.1, 0.15) is 30.1 Å². The van der Waals surface area contributed by atoms with Gasteiger partial charge in [0.05, 0.1) is 6.10 Å². The second-order valence-corrected chi connectivity index (χ2v) is 5.38. The van der Waals surface area contributed by atoms with Crippen molar-refractivity contribution in [2.24, 2.45) is 5.92 Å². The molecule has 1 aliphatic rings. The third-order valence-electron chi connectivity index (χ3n) is 4.03. The van der Waals surface area contributed by atoms with Crippen molar-refractivity contribution in [3.05, 3.63) is 35.9 Å². The van der Waals surface area contributed by atoms with Crippen molar-refractivity contribution in [3.63, 3.8) is 0 Å². The number of benzene rings is 1. The van der Waals surface area contributed by atoms with Crippen LogP contribution >= 0.6 is 0 Å². The number of likely N-dealkylation sites (tertiary alicyclic amines) is 1. The normalized spacial score (nSPS) is 24.3. The average molecular weight is 261 g/mol. The Balaban J connectivity index is 1.81. The molecule has 0 amide bonds. The Hall–Kier alpha value is -1.19. The quantitative estimate of drug-likeness (QED) is 0.763. The third kappa shape index (κ3) is 3.88. The van der Waals surface area contributed by atoms with E-state index in [2.05, 4.69) is 11.8 Å². The Morgan fingerprint density at radius 2 is 2.11 bits per heavy atom. The van der Waals surface area contributed by atoms with Gasteiger partial charge < -0.3 is 9.64 Å². The predicted octanol–water partition coefficient (Wildman–Crippen LogP) is 2.62. The summed E-state index contributed by atoms with van der Waals surface area (Å²) in [7, 11) is 1.78. The fourth-order valence-corrected chi connectivity index (χ4v) is 2.64. The van der Waals surface area contributed by atoms with Gasteiger partial charge in [0.1, 0.15) is 0 Å². The van der Waals surface area contributed by atoms with E-state index in [1.807, 2.05) is 30.3 Å². The van der Waals surface area contributed by atoms with Crippen molar-refractivity contribution in [2.75, 3.05) is 26.7 Å². The first-order valence-electron chi connectivity index (χ1n) is 7.04. The fourth-order valence-electron chi connectivity index (χ4n) is 2.64. The van der Waals surface area contributed by atoms with Crippen molar-refractivity contribution in [2.45, 2.75) is 25.9 Å². The summed E-state index contributed by atoms with van der Waals surface area (Å²) in [4.78, 5) is 14.4. The van der Waals surface area contributed by atoms with Crippen LogP contribution in [0.5, 0.6) is 0 Å². The molecular weight excluding hydrogens is 238 g/mol. The van der Waals surface area contributed by atoms with E-state index in [0.717, 1.165) is 31.6 Å². The minimum absolute atomic E-state index is 0.230. The molecule has 1 aromatic carbocycles. The summed E-state index contributed by atoms with van der Waals surface area (Å²) in [5.74, 6) is 0.847. The lowest BCUT2D eigenvalue weighted by Gasteiger charge is -2.36. The SMILES string of the molecule is COC1CN(CCC(=O)c2ccccc2)CCC1C. The fraction of sp³-hybridized carbons (Fsp3) is 0.562. The molecule has 0 N–H and O–H groups in total. The predicted molar refractivity (Wildman–Crippen MR) is 76.4 cm³/mol. The summed E-state index contributed by atoms with van der Waals surface area (Å²) in [6.07, 6.45) is 2.05. The van der Waals surface area contributed by atoms with Gasteiger partial charge in [0.2, 0.25) is 0 Å². The van der Waals surface area contributed by atoms with Gasteiger partial charge in [-0.15, -0.1) is 0 Å². The molecule has 0 spiro atoms. The largest absolute Gasteiger partial charge is 0.380 e. The highest BCUT2D eigenvalue weighted by molar-refractivity contribution is 5.96. The van der Waals surface area contributed by atoms with Crippen LogP contribution in [-0.4, -0.2) is 43.5 Å². The Morgan fingerprint density at radius 3 is 2.79 bits per heavy atom. The molecule has 3 heteroatoms. The number of carbonyl (C=O) groups excluding carboxylic acids is 1. The third-order valence-corrected chi connectivity index (χ3v) is 4.03. The molecule has 1 fully saturated rings. The zero-order valence-corrected chi connectivity index (χ0v) is 11.8. The van der Waals surface area contributed by atoms with Crippen molar-refractivity contribution < 1.29 is 9.53 Å². The molecule has 104 valence electrons. The molecule has 1 heterocycles. The van der Waals surface area contributed by atoms with Crippen LogP contribution in [-0.2, 0) is 4.74 Å². The number of ether oxygens (including phenoxy) is 1. The highest BCUT2D eigenvalue weighted by Gasteiger charge is 2.25. The van der Waals surface area contributed by atoms with Gasteiger partial charge in [-0.25, -0.2) is 0 Å². The number of piperidine rings is 1. The standard InChI is InChI=1S/C16H23NO2/c1-13-8-10-17(12-16(13)19-2)11-9-15(18)14-6-4-3-5-7-14/h3-7,13,16H,8-12H2,1-2H3. The summed E-state index contributed by atoms with van der Waals surface area (Å²) < 4.78 is 5.50. The van der Waals surface area contributed by atoms with E-state index >= 15 is 0 Å². The molecule has 2 unspecified atom stereocenters. The van der Waals surface area contributed by atoms with Crippen LogP contribution in [0.4, 0.5) is 0 Å². The number of hydrogen-bond acceptors (Lipinski definition) is 3. The topological polar surface area (TPSA) is 29.5 Å². The molecule has 3 nitrogen and oxygen atoms in total. The number of rotatable bonds is 5. The molecule has 1 aliphatic heterocycles. The average Bonchev–Trinajstić information content (AvgIpc) is 2.47. The second-order valence-electron chi connectivity index (χ2n) is 5.38. The lowest BCUT2D eigenvalue weighted by atomic mass is 9.95. The molecule has 0 aromatic heterocycles. The molecule has 0 aliphatic carbocycles. The summed E-state index contributed by atoms with van der Waals surface area (Å²) in [5, 5.41) is 0. The lowest BCUT2D eigenvalue weighted by molar-refractivity contribution is -0.00479. The van der Waals surface area contributed by atoms with Crippen LogP contribution in [0.2, 0.25) is 0 Å². The molecule has 19 heavy (non-hydrogen) atoms. The number of carbonyl (C=O) groups is 1. The van der Waals surface area contributed by atoms with Gasteiger partial charge in [-0.1, -0.05) is 37.3 Å². The van der Waals surface area contributed by atoms with E-state index in [0.29, 0.717) is 18.4 Å². The number of Topliss-reactive ketones (excluding diaryl/α,β-unsaturated/α-hetero) is 1. The molecule has 0 bridgehead atoms. The van der Waals surface area contributed by atoms with Gasteiger partial charge >= 0.3 is 0 Å².